The Morgan fingerprint density at radius 1 is 0.922 bits per heavy atom. The van der Waals surface area contributed by atoms with Gasteiger partial charge in [0.25, 0.3) is 0 Å². The van der Waals surface area contributed by atoms with Crippen molar-refractivity contribution in [3.8, 4) is 11.5 Å². The van der Waals surface area contributed by atoms with E-state index in [4.69, 9.17) is 11.5 Å². The summed E-state index contributed by atoms with van der Waals surface area (Å²) >= 11 is 0. The van der Waals surface area contributed by atoms with Gasteiger partial charge in [-0.25, -0.2) is 18.4 Å². The number of nitrogens with zero attached hydrogens (tertiary/aromatic N) is 5. The van der Waals surface area contributed by atoms with Crippen LogP contribution in [0.15, 0.2) is 72.0 Å². The van der Waals surface area contributed by atoms with E-state index in [2.05, 4.69) is 24.4 Å². The van der Waals surface area contributed by atoms with E-state index >= 15 is 0 Å². The van der Waals surface area contributed by atoms with Gasteiger partial charge in [0, 0.05) is 32.3 Å². The number of hydrogen-bond donors (Lipinski definition) is 2. The number of pyridine rings is 1. The summed E-state index contributed by atoms with van der Waals surface area (Å²) in [5.41, 5.74) is 14.3. The number of sulfonamides is 1. The number of hydrogen-bond acceptors (Lipinski definition) is 10. The standard InChI is InChI=1S/C22H21F3N6O6S.C8H7F3NO/c23-22(24,25)37-14-2-4-15(5-3-14)38(35,36)31-8-7-30(12-17(31)21(33)34)19-11-28-16-10-27-9-13(20(16)29-19)1-6-18(26)32;9-8(10,11)13-7-3-1-6(5-12)2-4-7/h2-5,9-11,17H,1,6-8,12H2,(H2,26,32)(H,33,34);1-4,12H,5H2/q;-1/t17-;/m1./s1. The summed E-state index contributed by atoms with van der Waals surface area (Å²) < 4.78 is 107. The number of aliphatic carboxylic acids is 1. The Balaban J connectivity index is 0.000000378. The fraction of sp³-hybridized carbons (Fsp3) is 0.300. The molecular weight excluding hydrogens is 716 g/mol. The zero-order chi connectivity index (χ0) is 37.6. The number of carboxylic acid groups (broad SMARTS) is 1. The first-order chi connectivity index (χ1) is 23.9. The first kappa shape index (κ1) is 38.5. The Hall–Kier alpha value is -5.28. The molecule has 2 aromatic heterocycles. The van der Waals surface area contributed by atoms with Crippen LogP contribution in [0.5, 0.6) is 11.5 Å². The maximum Gasteiger partial charge on any atom is 0.573 e. The number of carboxylic acids is 1. The number of amides is 1. The average Bonchev–Trinajstić information content (AvgIpc) is 3.06. The topological polar surface area (TPSA) is 202 Å². The van der Waals surface area contributed by atoms with Gasteiger partial charge in [-0.3, -0.25) is 14.6 Å². The van der Waals surface area contributed by atoms with Gasteiger partial charge in [0.1, 0.15) is 28.9 Å². The molecule has 1 amide bonds. The van der Waals surface area contributed by atoms with E-state index in [-0.39, 0.29) is 49.7 Å². The van der Waals surface area contributed by atoms with Crippen LogP contribution in [0.3, 0.4) is 0 Å². The highest BCUT2D eigenvalue weighted by molar-refractivity contribution is 7.89. The van der Waals surface area contributed by atoms with Crippen molar-refractivity contribution in [2.24, 2.45) is 5.73 Å². The van der Waals surface area contributed by atoms with Gasteiger partial charge >= 0.3 is 18.7 Å². The maximum atomic E-state index is 13.2. The fourth-order valence-corrected chi connectivity index (χ4v) is 6.36. The van der Waals surface area contributed by atoms with E-state index in [0.717, 1.165) is 28.6 Å². The fourth-order valence-electron chi connectivity index (χ4n) is 4.79. The third kappa shape index (κ3) is 10.6. The molecule has 1 aliphatic rings. The number of nitrogens with two attached hydrogens (primary N) is 1. The van der Waals surface area contributed by atoms with Crippen LogP contribution < -0.4 is 20.1 Å². The van der Waals surface area contributed by atoms with E-state index in [1.165, 1.54) is 42.9 Å². The van der Waals surface area contributed by atoms with Crippen LogP contribution in [0.25, 0.3) is 16.8 Å². The number of carbonyl (C=O) groups is 2. The van der Waals surface area contributed by atoms with Gasteiger partial charge in [-0.15, -0.1) is 32.9 Å². The minimum absolute atomic E-state index is 0.0479. The average molecular weight is 745 g/mol. The van der Waals surface area contributed by atoms with Crippen LogP contribution in [0.4, 0.5) is 32.2 Å². The summed E-state index contributed by atoms with van der Waals surface area (Å²) in [6.07, 6.45) is -4.85. The van der Waals surface area contributed by atoms with Crippen molar-refractivity contribution in [1.29, 1.82) is 0 Å². The molecule has 21 heteroatoms. The molecule has 51 heavy (non-hydrogen) atoms. The summed E-state index contributed by atoms with van der Waals surface area (Å²) in [5.74, 6) is -2.51. The van der Waals surface area contributed by atoms with Gasteiger partial charge < -0.3 is 30.9 Å². The van der Waals surface area contributed by atoms with E-state index in [1.54, 1.807) is 4.90 Å². The molecule has 2 aromatic carbocycles. The van der Waals surface area contributed by atoms with E-state index in [1.807, 2.05) is 0 Å². The summed E-state index contributed by atoms with van der Waals surface area (Å²) in [4.78, 5) is 37.4. The summed E-state index contributed by atoms with van der Waals surface area (Å²) in [6.45, 7) is -0.414. The van der Waals surface area contributed by atoms with E-state index < -0.39 is 46.4 Å². The number of aromatic nitrogens is 3. The van der Waals surface area contributed by atoms with Gasteiger partial charge in [0.2, 0.25) is 15.9 Å². The normalized spacial score (nSPS) is 15.5. The molecule has 0 aliphatic carbocycles. The summed E-state index contributed by atoms with van der Waals surface area (Å²) in [7, 11) is -4.38. The number of rotatable bonds is 10. The molecule has 0 bridgehead atoms. The van der Waals surface area contributed by atoms with Gasteiger partial charge in [-0.05, 0) is 48.4 Å². The number of halogens is 6. The van der Waals surface area contributed by atoms with Crippen molar-refractivity contribution < 1.29 is 58.9 Å². The first-order valence-electron chi connectivity index (χ1n) is 14.6. The largest absolute Gasteiger partial charge is 0.674 e. The Labute approximate surface area is 285 Å². The minimum Gasteiger partial charge on any atom is -0.674 e. The number of piperazine rings is 1. The van der Waals surface area contributed by atoms with Gasteiger partial charge in [-0.2, -0.15) is 4.31 Å². The lowest BCUT2D eigenvalue weighted by Gasteiger charge is -2.38. The lowest BCUT2D eigenvalue weighted by Crippen LogP contribution is -2.58. The first-order valence-corrected chi connectivity index (χ1v) is 16.0. The molecule has 5 rings (SSSR count). The van der Waals surface area contributed by atoms with E-state index in [9.17, 15) is 49.5 Å². The molecule has 0 radical (unpaired) electrons. The predicted molar refractivity (Wildman–Crippen MR) is 167 cm³/mol. The zero-order valence-corrected chi connectivity index (χ0v) is 26.9. The van der Waals surface area contributed by atoms with Crippen LogP contribution in [0.2, 0.25) is 0 Å². The number of primary amides is 1. The summed E-state index contributed by atoms with van der Waals surface area (Å²) in [5, 5.41) is 9.83. The molecule has 1 saturated heterocycles. The molecule has 4 N–H and O–H groups in total. The number of alkyl halides is 6. The highest BCUT2D eigenvalue weighted by Gasteiger charge is 2.41. The number of benzene rings is 2. The molecule has 274 valence electrons. The van der Waals surface area contributed by atoms with Crippen molar-refractivity contribution in [1.82, 2.24) is 19.3 Å². The minimum atomic E-state index is -4.95. The van der Waals surface area contributed by atoms with Crippen molar-refractivity contribution in [2.75, 3.05) is 24.5 Å². The quantitative estimate of drug-likeness (QED) is 0.217. The van der Waals surface area contributed by atoms with Gasteiger partial charge in [-0.1, -0.05) is 17.7 Å². The third-order valence-corrected chi connectivity index (χ3v) is 9.05. The second kappa shape index (κ2) is 15.7. The highest BCUT2D eigenvalue weighted by atomic mass is 32.2. The second-order valence-electron chi connectivity index (χ2n) is 10.7. The van der Waals surface area contributed by atoms with Gasteiger partial charge in [0.05, 0.1) is 22.8 Å². The second-order valence-corrected chi connectivity index (χ2v) is 12.6. The predicted octanol–water partition coefficient (Wildman–Crippen LogP) is 4.44. The number of ether oxygens (including phenoxy) is 2. The molecular formula is C30H28F6N7O7S-. The molecule has 3 heterocycles. The molecule has 0 unspecified atom stereocenters. The van der Waals surface area contributed by atoms with Crippen LogP contribution >= 0.6 is 0 Å². The van der Waals surface area contributed by atoms with Gasteiger partial charge in [0.15, 0.2) is 0 Å². The molecule has 0 spiro atoms. The Morgan fingerprint density at radius 2 is 1.51 bits per heavy atom. The Morgan fingerprint density at radius 3 is 2.04 bits per heavy atom. The Bertz CT molecular complexity index is 1950. The monoisotopic (exact) mass is 744 g/mol. The van der Waals surface area contributed by atoms with Crippen molar-refractivity contribution >= 4 is 38.8 Å². The third-order valence-electron chi connectivity index (χ3n) is 7.13. The number of carbonyl (C=O) groups excluding carboxylic acids is 1. The lowest BCUT2D eigenvalue weighted by atomic mass is 10.1. The Kier molecular flexibility index (Phi) is 11.9. The molecule has 1 fully saturated rings. The van der Waals surface area contributed by atoms with Crippen LogP contribution in [-0.4, -0.2) is 83.1 Å². The van der Waals surface area contributed by atoms with Crippen molar-refractivity contribution in [3.05, 3.63) is 84.0 Å². The van der Waals surface area contributed by atoms with Crippen LogP contribution in [-0.2, 0) is 32.6 Å². The highest BCUT2D eigenvalue weighted by Crippen LogP contribution is 2.29. The molecule has 14 nitrogen and oxygen atoms in total. The van der Waals surface area contributed by atoms with Crippen LogP contribution in [0.1, 0.15) is 17.5 Å². The van der Waals surface area contributed by atoms with Crippen LogP contribution in [0, 0.1) is 0 Å². The number of aryl methyl sites for hydroxylation is 1. The van der Waals surface area contributed by atoms with Crippen molar-refractivity contribution in [2.45, 2.75) is 43.0 Å². The smallest absolute Gasteiger partial charge is 0.573 e. The molecule has 0 saturated carbocycles. The SMILES string of the molecule is NC(=O)CCc1cncc2ncc(N3CCN(S(=O)(=O)c4ccc(OC(F)(F)F)cc4)[C@@H](C(=O)O)C3)nc12.[NH-]Cc1ccc(OC(F)(F)F)cc1. The molecule has 1 atom stereocenters. The number of nitrogens with one attached hydrogen (secondary N) is 1. The lowest BCUT2D eigenvalue weighted by molar-refractivity contribution is -0.275. The van der Waals surface area contributed by atoms with E-state index in [0.29, 0.717) is 28.0 Å². The van der Waals surface area contributed by atoms with Crippen molar-refractivity contribution in [3.63, 3.8) is 0 Å². The zero-order valence-electron chi connectivity index (χ0n) is 26.1. The molecule has 1 aliphatic heterocycles. The molecule has 4 aromatic rings. The summed E-state index contributed by atoms with van der Waals surface area (Å²) in [6, 6.07) is 7.21. The maximum absolute atomic E-state index is 13.2. The number of anilines is 1. The number of fused-ring (bicyclic) bond motifs is 1.